The normalized spacial score (nSPS) is 19.8. The number of rotatable bonds is 3. The molecule has 0 radical (unpaired) electrons. The minimum Gasteiger partial charge on any atom is -0.396 e. The number of hydrogen-bond acceptors (Lipinski definition) is 5. The van der Waals surface area contributed by atoms with Crippen molar-refractivity contribution in [2.24, 2.45) is 5.92 Å². The molecule has 0 saturated carbocycles. The summed E-state index contributed by atoms with van der Waals surface area (Å²) in [4.78, 5) is 24.3. The van der Waals surface area contributed by atoms with E-state index in [-0.39, 0.29) is 23.4 Å². The zero-order chi connectivity index (χ0) is 13.1. The summed E-state index contributed by atoms with van der Waals surface area (Å²) in [6.07, 6.45) is 1.79. The molecular weight excluding hydrogens is 256 g/mol. The Kier molecular flexibility index (Phi) is 3.93. The van der Waals surface area contributed by atoms with Crippen LogP contribution in [-0.2, 0) is 0 Å². The fourth-order valence-corrected chi connectivity index (χ4v) is 2.88. The highest BCUT2D eigenvalue weighted by Crippen LogP contribution is 2.26. The third kappa shape index (κ3) is 2.68. The molecule has 2 rings (SSSR count). The van der Waals surface area contributed by atoms with Crippen LogP contribution in [0.2, 0.25) is 0 Å². The van der Waals surface area contributed by atoms with Crippen LogP contribution in [0.1, 0.15) is 22.5 Å². The number of nitrogens with zero attached hydrogens (tertiary/aromatic N) is 2. The van der Waals surface area contributed by atoms with E-state index in [0.717, 1.165) is 24.2 Å². The van der Waals surface area contributed by atoms with Crippen molar-refractivity contribution in [2.75, 3.05) is 19.7 Å². The van der Waals surface area contributed by atoms with Gasteiger partial charge in [0.25, 0.3) is 5.91 Å². The van der Waals surface area contributed by atoms with Gasteiger partial charge in [0.05, 0.1) is 9.80 Å². The molecule has 6 nitrogen and oxygen atoms in total. The zero-order valence-corrected chi connectivity index (χ0v) is 10.6. The van der Waals surface area contributed by atoms with Crippen LogP contribution in [0.25, 0.3) is 0 Å². The van der Waals surface area contributed by atoms with Crippen LogP contribution in [0.5, 0.6) is 0 Å². The highest BCUT2D eigenvalue weighted by molar-refractivity contribution is 7.17. The van der Waals surface area contributed by atoms with Crippen LogP contribution >= 0.6 is 11.3 Å². The Hall–Kier alpha value is -1.47. The molecular formula is C11H14N2O4S. The lowest BCUT2D eigenvalue weighted by molar-refractivity contribution is -0.380. The molecule has 1 aromatic heterocycles. The first-order valence-corrected chi connectivity index (χ1v) is 6.58. The maximum absolute atomic E-state index is 12.1. The molecule has 1 atom stereocenters. The van der Waals surface area contributed by atoms with Crippen LogP contribution in [0.15, 0.2) is 12.1 Å². The highest BCUT2D eigenvalue weighted by Gasteiger charge is 2.26. The van der Waals surface area contributed by atoms with E-state index < -0.39 is 4.92 Å². The molecule has 98 valence electrons. The molecule has 1 fully saturated rings. The second-order valence-corrected chi connectivity index (χ2v) is 5.40. The highest BCUT2D eigenvalue weighted by atomic mass is 32.1. The topological polar surface area (TPSA) is 83.7 Å². The Morgan fingerprint density at radius 1 is 1.61 bits per heavy atom. The molecule has 1 aliphatic rings. The lowest BCUT2D eigenvalue weighted by atomic mass is 9.99. The Morgan fingerprint density at radius 2 is 2.39 bits per heavy atom. The van der Waals surface area contributed by atoms with Crippen LogP contribution in [0.4, 0.5) is 5.00 Å². The summed E-state index contributed by atoms with van der Waals surface area (Å²) >= 11 is 0.899. The van der Waals surface area contributed by atoms with Gasteiger partial charge in [-0.15, -0.1) is 0 Å². The van der Waals surface area contributed by atoms with Crippen LogP contribution in [-0.4, -0.2) is 40.5 Å². The molecule has 18 heavy (non-hydrogen) atoms. The maximum Gasteiger partial charge on any atom is 0.324 e. The van der Waals surface area contributed by atoms with E-state index in [1.165, 1.54) is 12.1 Å². The number of aliphatic hydroxyl groups excluding tert-OH is 1. The van der Waals surface area contributed by atoms with Crippen LogP contribution in [0, 0.1) is 16.0 Å². The fourth-order valence-electron chi connectivity index (χ4n) is 2.10. The number of amides is 1. The van der Waals surface area contributed by atoms with Gasteiger partial charge in [0.2, 0.25) is 0 Å². The summed E-state index contributed by atoms with van der Waals surface area (Å²) < 4.78 is 0. The monoisotopic (exact) mass is 270 g/mol. The molecule has 7 heteroatoms. The van der Waals surface area contributed by atoms with Crippen molar-refractivity contribution in [3.8, 4) is 0 Å². The van der Waals surface area contributed by atoms with Gasteiger partial charge in [0, 0.05) is 25.8 Å². The molecule has 1 aromatic rings. The third-order valence-electron chi connectivity index (χ3n) is 3.05. The second-order valence-electron chi connectivity index (χ2n) is 4.34. The third-order valence-corrected chi connectivity index (χ3v) is 4.07. The molecule has 0 spiro atoms. The van der Waals surface area contributed by atoms with Crippen molar-refractivity contribution in [3.05, 3.63) is 27.1 Å². The lowest BCUT2D eigenvalue weighted by Gasteiger charge is -2.31. The molecule has 1 unspecified atom stereocenters. The van der Waals surface area contributed by atoms with E-state index in [0.29, 0.717) is 18.0 Å². The van der Waals surface area contributed by atoms with Gasteiger partial charge >= 0.3 is 5.00 Å². The quantitative estimate of drug-likeness (QED) is 0.666. The Labute approximate surface area is 108 Å². The molecule has 1 N–H and O–H groups in total. The van der Waals surface area contributed by atoms with E-state index in [2.05, 4.69) is 0 Å². The van der Waals surface area contributed by atoms with Gasteiger partial charge in [0.15, 0.2) is 0 Å². The number of piperidine rings is 1. The number of likely N-dealkylation sites (tertiary alicyclic amines) is 1. The molecule has 0 aliphatic carbocycles. The first-order valence-electron chi connectivity index (χ1n) is 5.76. The van der Waals surface area contributed by atoms with Gasteiger partial charge in [-0.05, 0) is 24.8 Å². The lowest BCUT2D eigenvalue weighted by Crippen LogP contribution is -2.40. The summed E-state index contributed by atoms with van der Waals surface area (Å²) in [6.45, 7) is 1.26. The summed E-state index contributed by atoms with van der Waals surface area (Å²) in [5.41, 5.74) is 0. The number of thiophene rings is 1. The van der Waals surface area contributed by atoms with Crippen molar-refractivity contribution in [2.45, 2.75) is 12.8 Å². The van der Waals surface area contributed by atoms with E-state index in [1.807, 2.05) is 0 Å². The maximum atomic E-state index is 12.1. The first kappa shape index (κ1) is 13.0. The van der Waals surface area contributed by atoms with Crippen LogP contribution in [0.3, 0.4) is 0 Å². The zero-order valence-electron chi connectivity index (χ0n) is 9.74. The van der Waals surface area contributed by atoms with E-state index in [1.54, 1.807) is 4.90 Å². The predicted octanol–water partition coefficient (Wildman–Crippen LogP) is 1.50. The molecule has 1 amide bonds. The average Bonchev–Trinajstić information content (AvgIpc) is 2.87. The molecule has 1 aliphatic heterocycles. The Morgan fingerprint density at radius 3 is 3.00 bits per heavy atom. The first-order chi connectivity index (χ1) is 8.61. The number of carbonyl (C=O) groups is 1. The fraction of sp³-hybridized carbons (Fsp3) is 0.545. The number of hydrogen-bond donors (Lipinski definition) is 1. The number of carbonyl (C=O) groups excluding carboxylic acids is 1. The van der Waals surface area contributed by atoms with E-state index in [4.69, 9.17) is 5.11 Å². The van der Waals surface area contributed by atoms with Crippen LogP contribution < -0.4 is 0 Å². The van der Waals surface area contributed by atoms with E-state index >= 15 is 0 Å². The Bertz CT molecular complexity index is 460. The van der Waals surface area contributed by atoms with Gasteiger partial charge in [-0.1, -0.05) is 11.3 Å². The van der Waals surface area contributed by atoms with Crippen molar-refractivity contribution in [3.63, 3.8) is 0 Å². The molecule has 0 aromatic carbocycles. The van der Waals surface area contributed by atoms with Crippen molar-refractivity contribution >= 4 is 22.2 Å². The van der Waals surface area contributed by atoms with Gasteiger partial charge in [-0.25, -0.2) is 0 Å². The standard InChI is InChI=1S/C11H14N2O4S/c14-7-8-2-1-5-12(6-8)11(15)9-3-4-10(18-9)13(16)17/h3-4,8,14H,1-2,5-7H2. The summed E-state index contributed by atoms with van der Waals surface area (Å²) in [7, 11) is 0. The largest absolute Gasteiger partial charge is 0.396 e. The second kappa shape index (κ2) is 5.45. The SMILES string of the molecule is O=C(c1ccc([N+](=O)[O-])s1)N1CCCC(CO)C1. The molecule has 0 bridgehead atoms. The van der Waals surface area contributed by atoms with Crippen molar-refractivity contribution in [1.29, 1.82) is 0 Å². The number of aliphatic hydroxyl groups is 1. The van der Waals surface area contributed by atoms with E-state index in [9.17, 15) is 14.9 Å². The summed E-state index contributed by atoms with van der Waals surface area (Å²) in [6, 6.07) is 2.85. The smallest absolute Gasteiger partial charge is 0.324 e. The number of nitro groups is 1. The minimum absolute atomic E-state index is 0.0194. The van der Waals surface area contributed by atoms with Gasteiger partial charge in [0.1, 0.15) is 0 Å². The van der Waals surface area contributed by atoms with Crippen molar-refractivity contribution < 1.29 is 14.8 Å². The summed E-state index contributed by atoms with van der Waals surface area (Å²) in [5, 5.41) is 19.7. The minimum atomic E-state index is -0.492. The average molecular weight is 270 g/mol. The molecule has 1 saturated heterocycles. The Balaban J connectivity index is 2.07. The summed E-state index contributed by atoms with van der Waals surface area (Å²) in [5.74, 6) is -0.0519. The molecule has 2 heterocycles. The van der Waals surface area contributed by atoms with Gasteiger partial charge < -0.3 is 10.0 Å². The van der Waals surface area contributed by atoms with Gasteiger partial charge in [-0.3, -0.25) is 14.9 Å². The predicted molar refractivity (Wildman–Crippen MR) is 66.7 cm³/mol. The van der Waals surface area contributed by atoms with Crippen molar-refractivity contribution in [1.82, 2.24) is 4.90 Å². The van der Waals surface area contributed by atoms with Gasteiger partial charge in [-0.2, -0.15) is 0 Å².